The van der Waals surface area contributed by atoms with E-state index in [1.807, 2.05) is 109 Å². The van der Waals surface area contributed by atoms with Crippen LogP contribution in [0.2, 0.25) is 0 Å². The summed E-state index contributed by atoms with van der Waals surface area (Å²) in [6.07, 6.45) is 4.77. The Morgan fingerprint density at radius 1 is 0.429 bits per heavy atom. The van der Waals surface area contributed by atoms with E-state index >= 15 is 0 Å². The van der Waals surface area contributed by atoms with Crippen molar-refractivity contribution in [2.45, 2.75) is 66.2 Å². The third kappa shape index (κ3) is 19.6. The topological polar surface area (TPSA) is 68.3 Å². The van der Waals surface area contributed by atoms with Crippen LogP contribution in [0.3, 0.4) is 0 Å². The van der Waals surface area contributed by atoms with E-state index in [2.05, 4.69) is 12.1 Å². The largest absolute Gasteiger partial charge is 0.300 e. The molecule has 0 fully saturated rings. The van der Waals surface area contributed by atoms with Crippen molar-refractivity contribution in [1.82, 2.24) is 0 Å². The van der Waals surface area contributed by atoms with Gasteiger partial charge in [-0.15, -0.1) is 0 Å². The van der Waals surface area contributed by atoms with Crippen LogP contribution < -0.4 is 0 Å². The lowest BCUT2D eigenvalue weighted by molar-refractivity contribution is -0.117. The lowest BCUT2D eigenvalue weighted by Crippen LogP contribution is -1.94. The Hall–Kier alpha value is -4.44. The zero-order chi connectivity index (χ0) is 31.0. The van der Waals surface area contributed by atoms with Gasteiger partial charge in [-0.3, -0.25) is 9.59 Å². The van der Waals surface area contributed by atoms with Gasteiger partial charge in [-0.05, 0) is 63.6 Å². The number of carbonyl (C=O) groups is 4. The number of hydrogen-bond donors (Lipinski definition) is 0. The molecular formula is C38H44O4. The summed E-state index contributed by atoms with van der Waals surface area (Å²) in [6, 6.07) is 39.3. The van der Waals surface area contributed by atoms with E-state index in [9.17, 15) is 19.2 Å². The predicted molar refractivity (Wildman–Crippen MR) is 173 cm³/mol. The Bertz CT molecular complexity index is 1300. The highest BCUT2D eigenvalue weighted by atomic mass is 16.1. The zero-order valence-corrected chi connectivity index (χ0v) is 25.4. The van der Waals surface area contributed by atoms with E-state index in [0.29, 0.717) is 19.3 Å². The van der Waals surface area contributed by atoms with Crippen molar-refractivity contribution in [2.24, 2.45) is 0 Å². The molecule has 0 aliphatic rings. The standard InChI is InChI=1S/C11H14O.C10H12O.C9H10O.C8H8O/c1-10(12)6-5-9-11-7-3-2-4-8-11;1-9(11)7-8-10-5-3-2-4-6-10;1-8(10)7-9-5-3-2-4-6-9;1-7(9)8-5-3-2-4-6-8/h2-4,7-8H,5-6,9H2,1H3;2-6H,7-8H2,1H3;2-6H,7H2,1H3;2-6H,1H3. The van der Waals surface area contributed by atoms with Crippen LogP contribution in [0.5, 0.6) is 0 Å². The highest BCUT2D eigenvalue weighted by Crippen LogP contribution is 2.05. The number of aryl methyl sites for hydroxylation is 2. The number of Topliss-reactive ketones (excluding diaryl/α,β-unsaturated/α-hetero) is 4. The molecule has 0 heterocycles. The molecule has 0 aliphatic heterocycles. The summed E-state index contributed by atoms with van der Waals surface area (Å²) in [5.41, 5.74) is 4.42. The van der Waals surface area contributed by atoms with Crippen molar-refractivity contribution < 1.29 is 19.2 Å². The molecule has 0 aliphatic carbocycles. The van der Waals surface area contributed by atoms with Gasteiger partial charge in [-0.1, -0.05) is 121 Å². The van der Waals surface area contributed by atoms with Crippen LogP contribution in [0.15, 0.2) is 121 Å². The summed E-state index contributed by atoms with van der Waals surface area (Å²) in [7, 11) is 0. The van der Waals surface area contributed by atoms with Crippen LogP contribution >= 0.6 is 0 Å². The van der Waals surface area contributed by atoms with Crippen LogP contribution in [0, 0.1) is 0 Å². The maximum Gasteiger partial charge on any atom is 0.159 e. The Kier molecular flexibility index (Phi) is 18.9. The van der Waals surface area contributed by atoms with Gasteiger partial charge in [0.1, 0.15) is 17.3 Å². The predicted octanol–water partition coefficient (Wildman–Crippen LogP) is 8.51. The third-order valence-electron chi connectivity index (χ3n) is 5.92. The molecule has 0 spiro atoms. The molecule has 4 aromatic carbocycles. The molecule has 4 heteroatoms. The smallest absolute Gasteiger partial charge is 0.159 e. The van der Waals surface area contributed by atoms with E-state index in [0.717, 1.165) is 30.4 Å². The Labute approximate surface area is 251 Å². The third-order valence-corrected chi connectivity index (χ3v) is 5.92. The molecule has 0 saturated heterocycles. The summed E-state index contributed by atoms with van der Waals surface area (Å²) < 4.78 is 0. The molecule has 0 amide bonds. The fraction of sp³-hybridized carbons (Fsp3) is 0.263. The van der Waals surface area contributed by atoms with Gasteiger partial charge in [0, 0.05) is 24.8 Å². The first-order valence-corrected chi connectivity index (χ1v) is 14.3. The molecule has 4 rings (SSSR count). The quantitative estimate of drug-likeness (QED) is 0.181. The Morgan fingerprint density at radius 3 is 1.17 bits per heavy atom. The number of benzene rings is 4. The van der Waals surface area contributed by atoms with E-state index in [1.54, 1.807) is 27.7 Å². The van der Waals surface area contributed by atoms with Gasteiger partial charge in [0.25, 0.3) is 0 Å². The van der Waals surface area contributed by atoms with Crippen molar-refractivity contribution in [2.75, 3.05) is 0 Å². The monoisotopic (exact) mass is 564 g/mol. The van der Waals surface area contributed by atoms with Crippen molar-refractivity contribution in [1.29, 1.82) is 0 Å². The summed E-state index contributed by atoms with van der Waals surface area (Å²) in [6.45, 7) is 6.44. The van der Waals surface area contributed by atoms with Crippen molar-refractivity contribution in [3.63, 3.8) is 0 Å². The van der Waals surface area contributed by atoms with Gasteiger partial charge in [0.2, 0.25) is 0 Å². The highest BCUT2D eigenvalue weighted by molar-refractivity contribution is 5.93. The van der Waals surface area contributed by atoms with Crippen LogP contribution in [-0.4, -0.2) is 23.1 Å². The van der Waals surface area contributed by atoms with E-state index < -0.39 is 0 Å². The first-order valence-electron chi connectivity index (χ1n) is 14.3. The average Bonchev–Trinajstić information content (AvgIpc) is 2.99. The minimum absolute atomic E-state index is 0.121. The van der Waals surface area contributed by atoms with Gasteiger partial charge in [0.05, 0.1) is 0 Å². The van der Waals surface area contributed by atoms with Crippen LogP contribution in [0.25, 0.3) is 0 Å². The van der Waals surface area contributed by atoms with E-state index in [-0.39, 0.29) is 23.1 Å². The van der Waals surface area contributed by atoms with Gasteiger partial charge in [-0.2, -0.15) is 0 Å². The molecule has 0 atom stereocenters. The molecule has 0 aromatic heterocycles. The first-order chi connectivity index (χ1) is 20.2. The number of ketones is 4. The van der Waals surface area contributed by atoms with Crippen molar-refractivity contribution >= 4 is 23.1 Å². The number of rotatable bonds is 10. The highest BCUT2D eigenvalue weighted by Gasteiger charge is 1.96. The molecule has 220 valence electrons. The maximum atomic E-state index is 10.6. The second kappa shape index (κ2) is 22.3. The number of hydrogen-bond acceptors (Lipinski definition) is 4. The molecule has 42 heavy (non-hydrogen) atoms. The average molecular weight is 565 g/mol. The fourth-order valence-electron chi connectivity index (χ4n) is 3.71. The molecule has 4 aromatic rings. The van der Waals surface area contributed by atoms with Crippen LogP contribution in [0.4, 0.5) is 0 Å². The van der Waals surface area contributed by atoms with Gasteiger partial charge < -0.3 is 9.59 Å². The molecule has 0 N–H and O–H groups in total. The zero-order valence-electron chi connectivity index (χ0n) is 25.4. The molecule has 0 saturated carbocycles. The van der Waals surface area contributed by atoms with E-state index in [1.165, 1.54) is 11.1 Å². The van der Waals surface area contributed by atoms with Gasteiger partial charge in [-0.25, -0.2) is 0 Å². The summed E-state index contributed by atoms with van der Waals surface area (Å²) in [4.78, 5) is 42.5. The molecule has 0 bridgehead atoms. The van der Waals surface area contributed by atoms with Crippen molar-refractivity contribution in [3.8, 4) is 0 Å². The van der Waals surface area contributed by atoms with Crippen molar-refractivity contribution in [3.05, 3.63) is 144 Å². The minimum atomic E-state index is 0.121. The molecular weight excluding hydrogens is 520 g/mol. The first kappa shape index (κ1) is 35.6. The Morgan fingerprint density at radius 2 is 0.810 bits per heavy atom. The molecule has 4 nitrogen and oxygen atoms in total. The van der Waals surface area contributed by atoms with Crippen LogP contribution in [0.1, 0.15) is 74.0 Å². The second-order valence-electron chi connectivity index (χ2n) is 10.0. The normalized spacial score (nSPS) is 9.43. The SMILES string of the molecule is CC(=O)CCCc1ccccc1.CC(=O)CCc1ccccc1.CC(=O)Cc1ccccc1.CC(=O)c1ccccc1. The second-order valence-corrected chi connectivity index (χ2v) is 10.0. The van der Waals surface area contributed by atoms with Crippen LogP contribution in [-0.2, 0) is 33.6 Å². The summed E-state index contributed by atoms with van der Waals surface area (Å²) in [5.74, 6) is 0.876. The maximum absolute atomic E-state index is 10.6. The lowest BCUT2D eigenvalue weighted by Gasteiger charge is -1.98. The summed E-state index contributed by atoms with van der Waals surface area (Å²) >= 11 is 0. The summed E-state index contributed by atoms with van der Waals surface area (Å²) in [5, 5.41) is 0. The minimum Gasteiger partial charge on any atom is -0.300 e. The molecule has 0 radical (unpaired) electrons. The molecule has 0 unspecified atom stereocenters. The van der Waals surface area contributed by atoms with Gasteiger partial charge >= 0.3 is 0 Å². The Balaban J connectivity index is 0.000000281. The fourth-order valence-corrected chi connectivity index (χ4v) is 3.71. The van der Waals surface area contributed by atoms with Gasteiger partial charge in [0.15, 0.2) is 5.78 Å². The lowest BCUT2D eigenvalue weighted by atomic mass is 10.1. The number of carbonyl (C=O) groups excluding carboxylic acids is 4. The van der Waals surface area contributed by atoms with E-state index in [4.69, 9.17) is 0 Å².